The third kappa shape index (κ3) is 9.28. The molecule has 0 saturated heterocycles. The van der Waals surface area contributed by atoms with Gasteiger partial charge in [0.05, 0.1) is 6.54 Å². The van der Waals surface area contributed by atoms with Gasteiger partial charge in [-0.15, -0.1) is 0 Å². The van der Waals surface area contributed by atoms with Crippen molar-refractivity contribution in [2.24, 2.45) is 0 Å². The Hall–Kier alpha value is -2.94. The Morgan fingerprint density at radius 1 is 0.571 bits per heavy atom. The van der Waals surface area contributed by atoms with Crippen LogP contribution in [0.4, 0.5) is 26.3 Å². The summed E-state index contributed by atoms with van der Waals surface area (Å²) in [5.41, 5.74) is -8.58. The maximum Gasteiger partial charge on any atom is 0.480 e. The zero-order chi connectivity index (χ0) is 31.5. The van der Waals surface area contributed by atoms with Gasteiger partial charge in [-0.05, 0) is 12.8 Å². The van der Waals surface area contributed by atoms with Gasteiger partial charge in [0, 0.05) is 16.7 Å². The monoisotopic (exact) mass is 638 g/mol. The molecule has 3 rings (SSSR count). The largest absolute Gasteiger partial charge is 0.480 e. The van der Waals surface area contributed by atoms with Gasteiger partial charge in [-0.2, -0.15) is 26.3 Å². The standard InChI is InChI=1S/C26H31N.C2F6NO4S2/c1-2-3-4-5-15-22-27-26(23-16-9-6-10-17-23,24-18-11-7-12-19-24)25-20-13-8-14-21-25;3-1(4,5)14(10,11)9-15(12,13)2(6,7)8/h6-14,16-21,27H,2-5,15,22H2,1H3;/q;-1/p+1. The molecule has 0 saturated carbocycles. The highest BCUT2D eigenvalue weighted by atomic mass is 32.3. The summed E-state index contributed by atoms with van der Waals surface area (Å²) in [6.07, 6.45) is 6.57. The van der Waals surface area contributed by atoms with E-state index in [2.05, 4.69) is 103 Å². The number of hydrogen-bond acceptors (Lipinski definition) is 4. The zero-order valence-electron chi connectivity index (χ0n) is 22.6. The first-order valence-electron chi connectivity index (χ1n) is 13.0. The molecule has 0 bridgehead atoms. The van der Waals surface area contributed by atoms with Crippen LogP contribution in [0, 0.1) is 0 Å². The molecular formula is C28H32F6N2O4S2. The van der Waals surface area contributed by atoms with Crippen molar-refractivity contribution in [3.8, 4) is 0 Å². The number of alkyl halides is 6. The molecular weight excluding hydrogens is 606 g/mol. The quantitative estimate of drug-likeness (QED) is 0.138. The molecule has 0 radical (unpaired) electrons. The molecule has 14 heteroatoms. The van der Waals surface area contributed by atoms with Crippen LogP contribution in [0.5, 0.6) is 0 Å². The summed E-state index contributed by atoms with van der Waals surface area (Å²) in [5.74, 6) is 0. The number of unbranched alkanes of at least 4 members (excludes halogenated alkanes) is 4. The third-order valence-corrected chi connectivity index (χ3v) is 8.97. The molecule has 0 aliphatic rings. The summed E-state index contributed by atoms with van der Waals surface area (Å²) in [6.45, 7) is 3.40. The van der Waals surface area contributed by atoms with Crippen LogP contribution < -0.4 is 5.32 Å². The number of halogens is 6. The number of rotatable bonds is 12. The van der Waals surface area contributed by atoms with Crippen molar-refractivity contribution in [1.82, 2.24) is 0 Å². The molecule has 0 aliphatic heterocycles. The van der Waals surface area contributed by atoms with Gasteiger partial charge in [0.15, 0.2) is 25.6 Å². The summed E-state index contributed by atoms with van der Waals surface area (Å²) in [7, 11) is -13.4. The predicted octanol–water partition coefficient (Wildman–Crippen LogP) is 6.57. The normalized spacial score (nSPS) is 12.8. The van der Waals surface area contributed by atoms with Crippen LogP contribution in [0.2, 0.25) is 0 Å². The Kier molecular flexibility index (Phi) is 12.6. The second-order valence-corrected chi connectivity index (χ2v) is 12.7. The Bertz CT molecular complexity index is 1300. The van der Waals surface area contributed by atoms with E-state index in [0.29, 0.717) is 0 Å². The number of nitrogens with two attached hydrogens (primary N) is 1. The number of sulfonamides is 2. The summed E-state index contributed by atoms with van der Waals surface area (Å²) in [5, 5.41) is 2.55. The maximum absolute atomic E-state index is 11.4. The molecule has 42 heavy (non-hydrogen) atoms. The van der Waals surface area contributed by atoms with E-state index in [1.807, 2.05) is 0 Å². The molecule has 0 spiro atoms. The molecule has 0 heterocycles. The van der Waals surface area contributed by atoms with E-state index in [4.69, 9.17) is 0 Å². The highest BCUT2D eigenvalue weighted by Crippen LogP contribution is 2.36. The molecule has 0 unspecified atom stereocenters. The Morgan fingerprint density at radius 2 is 0.905 bits per heavy atom. The van der Waals surface area contributed by atoms with Gasteiger partial charge in [-0.3, -0.25) is 0 Å². The molecule has 0 atom stereocenters. The van der Waals surface area contributed by atoms with E-state index in [1.54, 1.807) is 0 Å². The summed E-state index contributed by atoms with van der Waals surface area (Å²) < 4.78 is 109. The van der Waals surface area contributed by atoms with Gasteiger partial charge >= 0.3 is 11.0 Å². The lowest BCUT2D eigenvalue weighted by atomic mass is 9.77. The Labute approximate surface area is 242 Å². The van der Waals surface area contributed by atoms with Crippen molar-refractivity contribution in [3.63, 3.8) is 0 Å². The molecule has 232 valence electrons. The van der Waals surface area contributed by atoms with Crippen LogP contribution in [0.1, 0.15) is 55.7 Å². The molecule has 6 nitrogen and oxygen atoms in total. The number of benzene rings is 3. The fourth-order valence-corrected chi connectivity index (χ4v) is 5.95. The zero-order valence-corrected chi connectivity index (χ0v) is 24.3. The van der Waals surface area contributed by atoms with Crippen LogP contribution in [0.25, 0.3) is 4.13 Å². The number of quaternary nitrogens is 1. The van der Waals surface area contributed by atoms with E-state index >= 15 is 0 Å². The Morgan fingerprint density at radius 3 is 1.21 bits per heavy atom. The highest BCUT2D eigenvalue weighted by molar-refractivity contribution is 8.13. The first-order valence-corrected chi connectivity index (χ1v) is 15.8. The van der Waals surface area contributed by atoms with E-state index in [0.717, 1.165) is 10.7 Å². The SMILES string of the molecule is CCCCCCC[NH2+]C(c1ccccc1)(c1ccccc1)c1ccccc1.O=S(=O)([N-]S(=O)(=O)C(F)(F)F)C(F)(F)F. The van der Waals surface area contributed by atoms with Crippen molar-refractivity contribution in [2.75, 3.05) is 6.54 Å². The topological polar surface area (TPSA) is 99.0 Å². The fraction of sp³-hybridized carbons (Fsp3) is 0.357. The molecule has 0 fully saturated rings. The van der Waals surface area contributed by atoms with E-state index < -0.39 is 31.1 Å². The highest BCUT2D eigenvalue weighted by Gasteiger charge is 2.47. The van der Waals surface area contributed by atoms with Crippen molar-refractivity contribution in [2.45, 2.75) is 55.6 Å². The lowest BCUT2D eigenvalue weighted by Gasteiger charge is -2.33. The van der Waals surface area contributed by atoms with Gasteiger partial charge in [0.2, 0.25) is 0 Å². The minimum Gasteiger partial charge on any atom is -0.421 e. The Balaban J connectivity index is 0.000000351. The van der Waals surface area contributed by atoms with E-state index in [9.17, 15) is 43.2 Å². The van der Waals surface area contributed by atoms with Gasteiger partial charge in [-0.1, -0.05) is 117 Å². The molecule has 3 aromatic rings. The van der Waals surface area contributed by atoms with Gasteiger partial charge in [0.1, 0.15) is 0 Å². The average Bonchev–Trinajstić information content (AvgIpc) is 2.93. The van der Waals surface area contributed by atoms with Gasteiger partial charge in [0.25, 0.3) is 0 Å². The van der Waals surface area contributed by atoms with Crippen LogP contribution in [-0.4, -0.2) is 34.4 Å². The smallest absolute Gasteiger partial charge is 0.421 e. The number of nitrogens with zero attached hydrogens (tertiary/aromatic N) is 1. The summed E-state index contributed by atoms with van der Waals surface area (Å²) >= 11 is 0. The lowest BCUT2D eigenvalue weighted by Crippen LogP contribution is -2.95. The van der Waals surface area contributed by atoms with E-state index in [1.165, 1.54) is 48.8 Å². The predicted molar refractivity (Wildman–Crippen MR) is 148 cm³/mol. The van der Waals surface area contributed by atoms with Crippen molar-refractivity contribution in [3.05, 3.63) is 112 Å². The van der Waals surface area contributed by atoms with Crippen molar-refractivity contribution < 1.29 is 48.5 Å². The molecule has 3 aromatic carbocycles. The minimum atomic E-state index is -6.72. The van der Waals surface area contributed by atoms with Gasteiger partial charge in [-0.25, -0.2) is 16.8 Å². The van der Waals surface area contributed by atoms with Crippen LogP contribution >= 0.6 is 0 Å². The molecule has 2 N–H and O–H groups in total. The average molecular weight is 639 g/mol. The summed E-state index contributed by atoms with van der Waals surface area (Å²) in [4.78, 5) is 0. The molecule has 0 aromatic heterocycles. The first kappa shape index (κ1) is 35.3. The van der Waals surface area contributed by atoms with Crippen LogP contribution in [-0.2, 0) is 25.6 Å². The van der Waals surface area contributed by atoms with Crippen molar-refractivity contribution in [1.29, 1.82) is 0 Å². The third-order valence-electron chi connectivity index (χ3n) is 6.23. The second-order valence-electron chi connectivity index (χ2n) is 9.23. The van der Waals surface area contributed by atoms with Crippen molar-refractivity contribution >= 4 is 20.0 Å². The van der Waals surface area contributed by atoms with Crippen LogP contribution in [0.3, 0.4) is 0 Å². The lowest BCUT2D eigenvalue weighted by molar-refractivity contribution is -0.716. The first-order chi connectivity index (χ1) is 19.6. The number of hydrogen-bond donors (Lipinski definition) is 1. The van der Waals surface area contributed by atoms with Crippen LogP contribution in [0.15, 0.2) is 91.0 Å². The molecule has 0 aliphatic carbocycles. The second kappa shape index (κ2) is 15.0. The van der Waals surface area contributed by atoms with E-state index in [-0.39, 0.29) is 5.54 Å². The molecule has 0 amide bonds. The van der Waals surface area contributed by atoms with Gasteiger partial charge < -0.3 is 9.44 Å². The maximum atomic E-state index is 11.4. The summed E-state index contributed by atoms with van der Waals surface area (Å²) in [6, 6.07) is 32.9. The minimum absolute atomic E-state index is 0.200. The fourth-order valence-electron chi connectivity index (χ4n) is 4.24.